The molecule has 0 bridgehead atoms. The van der Waals surface area contributed by atoms with Gasteiger partial charge >= 0.3 is 0 Å². The van der Waals surface area contributed by atoms with Gasteiger partial charge in [-0.1, -0.05) is 24.3 Å². The molecule has 1 atom stereocenters. The lowest BCUT2D eigenvalue weighted by molar-refractivity contribution is 0.0262. The van der Waals surface area contributed by atoms with E-state index >= 15 is 0 Å². The molecule has 21 heavy (non-hydrogen) atoms. The molecule has 1 aromatic carbocycles. The molecule has 3 rings (SSSR count). The van der Waals surface area contributed by atoms with Crippen molar-refractivity contribution >= 4 is 0 Å². The fourth-order valence-electron chi connectivity index (χ4n) is 4.02. The number of nitrogens with zero attached hydrogens (tertiary/aromatic N) is 2. The van der Waals surface area contributed by atoms with E-state index in [0.29, 0.717) is 11.5 Å². The van der Waals surface area contributed by atoms with E-state index in [4.69, 9.17) is 0 Å². The Hall–Kier alpha value is -0.900. The van der Waals surface area contributed by atoms with Crippen molar-refractivity contribution in [3.63, 3.8) is 0 Å². The summed E-state index contributed by atoms with van der Waals surface area (Å²) in [5, 5.41) is 3.57. The van der Waals surface area contributed by atoms with Crippen LogP contribution in [0.4, 0.5) is 0 Å². The zero-order valence-corrected chi connectivity index (χ0v) is 13.7. The maximum atomic E-state index is 3.57. The van der Waals surface area contributed by atoms with Crippen LogP contribution in [0.1, 0.15) is 36.3 Å². The Kier molecular flexibility index (Phi) is 4.34. The Morgan fingerprint density at radius 3 is 2.62 bits per heavy atom. The van der Waals surface area contributed by atoms with Crippen molar-refractivity contribution < 1.29 is 0 Å². The van der Waals surface area contributed by atoms with Crippen molar-refractivity contribution in [3.05, 3.63) is 35.4 Å². The summed E-state index contributed by atoms with van der Waals surface area (Å²) < 4.78 is 0. The summed E-state index contributed by atoms with van der Waals surface area (Å²) in [6, 6.07) is 8.92. The topological polar surface area (TPSA) is 18.5 Å². The van der Waals surface area contributed by atoms with E-state index in [9.17, 15) is 0 Å². The third kappa shape index (κ3) is 3.01. The molecule has 1 aromatic rings. The van der Waals surface area contributed by atoms with Crippen LogP contribution in [-0.2, 0) is 6.54 Å². The molecule has 3 heteroatoms. The van der Waals surface area contributed by atoms with E-state index in [-0.39, 0.29) is 0 Å². The van der Waals surface area contributed by atoms with Gasteiger partial charge in [-0.2, -0.15) is 0 Å². The van der Waals surface area contributed by atoms with E-state index in [1.807, 2.05) is 0 Å². The molecular weight excluding hydrogens is 258 g/mol. The van der Waals surface area contributed by atoms with E-state index < -0.39 is 0 Å². The highest BCUT2D eigenvalue weighted by molar-refractivity contribution is 5.32. The lowest BCUT2D eigenvalue weighted by atomic mass is 9.75. The maximum Gasteiger partial charge on any atom is 0.0330 e. The lowest BCUT2D eigenvalue weighted by Gasteiger charge is -2.49. The molecule has 0 aromatic heterocycles. The number of likely N-dealkylation sites (N-methyl/N-ethyl adjacent to an activating group) is 2. The Bertz CT molecular complexity index is 479. The van der Waals surface area contributed by atoms with E-state index in [1.165, 1.54) is 31.4 Å². The second-order valence-corrected chi connectivity index (χ2v) is 7.20. The third-order valence-electron chi connectivity index (χ3n) is 5.53. The minimum Gasteiger partial charge on any atom is -0.312 e. The summed E-state index contributed by atoms with van der Waals surface area (Å²) in [5.41, 5.74) is 3.46. The predicted octanol–water partition coefficient (Wildman–Crippen LogP) is 2.29. The molecule has 1 saturated carbocycles. The van der Waals surface area contributed by atoms with E-state index in [0.717, 1.165) is 19.6 Å². The van der Waals surface area contributed by atoms with Crippen LogP contribution in [0.15, 0.2) is 24.3 Å². The average Bonchev–Trinajstić information content (AvgIpc) is 2.43. The smallest absolute Gasteiger partial charge is 0.0330 e. The first-order valence-corrected chi connectivity index (χ1v) is 8.25. The molecule has 0 spiro atoms. The number of fused-ring (bicyclic) bond motifs is 1. The van der Waals surface area contributed by atoms with Crippen LogP contribution < -0.4 is 5.32 Å². The first-order valence-electron chi connectivity index (χ1n) is 8.25. The van der Waals surface area contributed by atoms with Gasteiger partial charge in [0.25, 0.3) is 0 Å². The Morgan fingerprint density at radius 2 is 1.95 bits per heavy atom. The van der Waals surface area contributed by atoms with Gasteiger partial charge in [0.15, 0.2) is 0 Å². The molecule has 1 N–H and O–H groups in total. The van der Waals surface area contributed by atoms with Crippen LogP contribution in [0.3, 0.4) is 0 Å². The van der Waals surface area contributed by atoms with Gasteiger partial charge in [-0.3, -0.25) is 0 Å². The molecule has 1 fully saturated rings. The van der Waals surface area contributed by atoms with Crippen molar-refractivity contribution in [1.29, 1.82) is 0 Å². The van der Waals surface area contributed by atoms with Crippen molar-refractivity contribution in [2.75, 3.05) is 40.8 Å². The summed E-state index contributed by atoms with van der Waals surface area (Å²) in [7, 11) is 6.77. The fraction of sp³-hybridized carbons (Fsp3) is 0.667. The second kappa shape index (κ2) is 6.07. The molecule has 1 aliphatic carbocycles. The molecule has 1 unspecified atom stereocenters. The Balaban J connectivity index is 1.64. The molecular formula is C18H29N3. The second-order valence-electron chi connectivity index (χ2n) is 7.20. The molecule has 1 heterocycles. The predicted molar refractivity (Wildman–Crippen MR) is 88.7 cm³/mol. The summed E-state index contributed by atoms with van der Waals surface area (Å²) in [4.78, 5) is 4.99. The summed E-state index contributed by atoms with van der Waals surface area (Å²) in [6.07, 6.45) is 4.09. The van der Waals surface area contributed by atoms with Crippen LogP contribution in [0.25, 0.3) is 0 Å². The highest BCUT2D eigenvalue weighted by atomic mass is 15.2. The monoisotopic (exact) mass is 287 g/mol. The zero-order valence-electron chi connectivity index (χ0n) is 13.7. The quantitative estimate of drug-likeness (QED) is 0.896. The molecule has 1 aliphatic heterocycles. The first-order chi connectivity index (χ1) is 10.1. The van der Waals surface area contributed by atoms with Gasteiger partial charge < -0.3 is 15.1 Å². The minimum atomic E-state index is 0.427. The highest BCUT2D eigenvalue weighted by Crippen LogP contribution is 2.37. The van der Waals surface area contributed by atoms with Crippen molar-refractivity contribution in [1.82, 2.24) is 15.1 Å². The zero-order chi connectivity index (χ0) is 14.9. The molecule has 116 valence electrons. The van der Waals surface area contributed by atoms with E-state index in [2.05, 4.69) is 60.5 Å². The first kappa shape index (κ1) is 15.0. The average molecular weight is 287 g/mol. The number of hydrogen-bond donors (Lipinski definition) is 1. The number of benzene rings is 1. The largest absolute Gasteiger partial charge is 0.312 e. The molecule has 0 amide bonds. The lowest BCUT2D eigenvalue weighted by Crippen LogP contribution is -2.57. The van der Waals surface area contributed by atoms with Gasteiger partial charge in [0.2, 0.25) is 0 Å². The van der Waals surface area contributed by atoms with Gasteiger partial charge in [0.05, 0.1) is 0 Å². The number of nitrogens with one attached hydrogen (secondary N) is 1. The SMILES string of the molecule is CN(CC1CNCc2ccccc21)CC1(N(C)C)CCC1. The molecule has 0 radical (unpaired) electrons. The highest BCUT2D eigenvalue weighted by Gasteiger charge is 2.40. The summed E-state index contributed by atoms with van der Waals surface area (Å²) in [6.45, 7) is 4.48. The number of rotatable bonds is 5. The standard InChI is InChI=1S/C18H29N3/c1-20(2)18(9-6-10-18)14-21(3)13-16-12-19-11-15-7-4-5-8-17(15)16/h4-5,7-8,16,19H,6,9-14H2,1-3H3. The van der Waals surface area contributed by atoms with Gasteiger partial charge in [-0.05, 0) is 51.5 Å². The Morgan fingerprint density at radius 1 is 1.19 bits per heavy atom. The summed E-state index contributed by atoms with van der Waals surface area (Å²) in [5.74, 6) is 0.624. The molecule has 0 saturated heterocycles. The fourth-order valence-corrected chi connectivity index (χ4v) is 4.02. The van der Waals surface area contributed by atoms with Gasteiger partial charge in [0.1, 0.15) is 0 Å². The molecule has 3 nitrogen and oxygen atoms in total. The van der Waals surface area contributed by atoms with Gasteiger partial charge in [-0.15, -0.1) is 0 Å². The van der Waals surface area contributed by atoms with Crippen LogP contribution in [-0.4, -0.2) is 56.1 Å². The van der Waals surface area contributed by atoms with Crippen LogP contribution in [0, 0.1) is 0 Å². The van der Waals surface area contributed by atoms with Crippen molar-refractivity contribution in [2.24, 2.45) is 0 Å². The van der Waals surface area contributed by atoms with Crippen molar-refractivity contribution in [3.8, 4) is 0 Å². The van der Waals surface area contributed by atoms with E-state index in [1.54, 1.807) is 5.56 Å². The molecule has 2 aliphatic rings. The normalized spacial score (nSPS) is 24.0. The Labute approximate surface area is 129 Å². The van der Waals surface area contributed by atoms with Crippen molar-refractivity contribution in [2.45, 2.75) is 37.3 Å². The summed E-state index contributed by atoms with van der Waals surface area (Å²) >= 11 is 0. The van der Waals surface area contributed by atoms with Crippen LogP contribution >= 0.6 is 0 Å². The van der Waals surface area contributed by atoms with Crippen LogP contribution in [0.2, 0.25) is 0 Å². The third-order valence-corrected chi connectivity index (χ3v) is 5.53. The maximum absolute atomic E-state index is 3.57. The number of hydrogen-bond acceptors (Lipinski definition) is 3. The van der Waals surface area contributed by atoms with Crippen LogP contribution in [0.5, 0.6) is 0 Å². The van der Waals surface area contributed by atoms with Gasteiger partial charge in [0, 0.05) is 37.6 Å². The minimum absolute atomic E-state index is 0.427. The van der Waals surface area contributed by atoms with Gasteiger partial charge in [-0.25, -0.2) is 0 Å².